The van der Waals surface area contributed by atoms with E-state index in [0.29, 0.717) is 23.1 Å². The van der Waals surface area contributed by atoms with Crippen LogP contribution in [0.2, 0.25) is 0 Å². The number of carbonyl (C=O) groups is 1. The third-order valence-corrected chi connectivity index (χ3v) is 5.80. The molecule has 3 aromatic carbocycles. The number of ether oxygens (including phenoxy) is 1. The number of nitrogens with zero attached hydrogens (tertiary/aromatic N) is 4. The molecule has 1 N–H and O–H groups in total. The third kappa shape index (κ3) is 5.29. The molecule has 0 saturated heterocycles. The predicted octanol–water partition coefficient (Wildman–Crippen LogP) is 4.20. The van der Waals surface area contributed by atoms with Crippen LogP contribution in [0.3, 0.4) is 0 Å². The second kappa shape index (κ2) is 9.90. The van der Waals surface area contributed by atoms with Gasteiger partial charge in [0.05, 0.1) is 13.7 Å². The summed E-state index contributed by atoms with van der Waals surface area (Å²) in [6, 6.07) is 26.8. The molecule has 4 aromatic rings. The standard InChI is InChI=1S/C23H21N5O2S/c1-30-20-14-8-13-19(15-20)24-22(29)21(18-11-6-3-7-12-18)31-23-25-26-27-28(23)16-17-9-4-2-5-10-17/h2-15,21H,16H2,1H3,(H,24,29)/t21-/m1/s1. The number of tetrazole rings is 1. The summed E-state index contributed by atoms with van der Waals surface area (Å²) in [7, 11) is 1.59. The molecule has 0 aliphatic heterocycles. The number of hydrogen-bond donors (Lipinski definition) is 1. The number of anilines is 1. The minimum atomic E-state index is -0.534. The molecule has 0 fully saturated rings. The fourth-order valence-electron chi connectivity index (χ4n) is 3.05. The number of benzene rings is 3. The Bertz CT molecular complexity index is 1130. The van der Waals surface area contributed by atoms with Gasteiger partial charge in [0.15, 0.2) is 0 Å². The zero-order valence-electron chi connectivity index (χ0n) is 16.9. The SMILES string of the molecule is COc1cccc(NC(=O)[C@H](Sc2nnnn2Cc2ccccc2)c2ccccc2)c1. The highest BCUT2D eigenvalue weighted by atomic mass is 32.2. The van der Waals surface area contributed by atoms with E-state index < -0.39 is 5.25 Å². The monoisotopic (exact) mass is 431 g/mol. The van der Waals surface area contributed by atoms with Crippen LogP contribution in [0.15, 0.2) is 90.1 Å². The number of rotatable bonds is 8. The van der Waals surface area contributed by atoms with E-state index in [1.807, 2.05) is 78.9 Å². The highest BCUT2D eigenvalue weighted by molar-refractivity contribution is 8.00. The molecule has 0 radical (unpaired) electrons. The van der Waals surface area contributed by atoms with Crippen molar-refractivity contribution in [1.29, 1.82) is 0 Å². The first kappa shape index (κ1) is 20.6. The van der Waals surface area contributed by atoms with E-state index in [4.69, 9.17) is 4.74 Å². The molecular formula is C23H21N5O2S. The van der Waals surface area contributed by atoms with Gasteiger partial charge < -0.3 is 10.1 Å². The molecule has 1 atom stereocenters. The summed E-state index contributed by atoms with van der Waals surface area (Å²) in [5.74, 6) is 0.507. The Balaban J connectivity index is 1.58. The summed E-state index contributed by atoms with van der Waals surface area (Å²) in [6.45, 7) is 0.523. The van der Waals surface area contributed by atoms with Crippen LogP contribution in [0.4, 0.5) is 5.69 Å². The van der Waals surface area contributed by atoms with E-state index in [2.05, 4.69) is 20.8 Å². The minimum absolute atomic E-state index is 0.168. The van der Waals surface area contributed by atoms with Crippen molar-refractivity contribution < 1.29 is 9.53 Å². The van der Waals surface area contributed by atoms with Crippen molar-refractivity contribution in [1.82, 2.24) is 20.2 Å². The van der Waals surface area contributed by atoms with Crippen LogP contribution < -0.4 is 10.1 Å². The second-order valence-corrected chi connectivity index (χ2v) is 7.81. The van der Waals surface area contributed by atoms with Crippen molar-refractivity contribution in [3.63, 3.8) is 0 Å². The number of nitrogens with one attached hydrogen (secondary N) is 1. The summed E-state index contributed by atoms with van der Waals surface area (Å²) >= 11 is 1.32. The lowest BCUT2D eigenvalue weighted by Gasteiger charge is -2.17. The van der Waals surface area contributed by atoms with E-state index >= 15 is 0 Å². The Labute approximate surface area is 184 Å². The van der Waals surface area contributed by atoms with Gasteiger partial charge in [-0.15, -0.1) is 5.10 Å². The highest BCUT2D eigenvalue weighted by Crippen LogP contribution is 2.35. The summed E-state index contributed by atoms with van der Waals surface area (Å²) < 4.78 is 6.96. The van der Waals surface area contributed by atoms with Crippen LogP contribution in [0, 0.1) is 0 Å². The van der Waals surface area contributed by atoms with E-state index in [1.54, 1.807) is 17.9 Å². The molecule has 156 valence electrons. The predicted molar refractivity (Wildman–Crippen MR) is 120 cm³/mol. The molecule has 1 aromatic heterocycles. The zero-order valence-corrected chi connectivity index (χ0v) is 17.7. The zero-order chi connectivity index (χ0) is 21.5. The lowest BCUT2D eigenvalue weighted by Crippen LogP contribution is -2.19. The maximum absolute atomic E-state index is 13.3. The fourth-order valence-corrected chi connectivity index (χ4v) is 4.03. The summed E-state index contributed by atoms with van der Waals surface area (Å²) in [5.41, 5.74) is 2.60. The van der Waals surface area contributed by atoms with Crippen LogP contribution in [0.5, 0.6) is 5.75 Å². The molecule has 4 rings (SSSR count). The molecule has 0 aliphatic rings. The van der Waals surface area contributed by atoms with Crippen LogP contribution in [0.1, 0.15) is 16.4 Å². The van der Waals surface area contributed by atoms with Gasteiger partial charge in [0.2, 0.25) is 11.1 Å². The molecule has 7 nitrogen and oxygen atoms in total. The molecule has 1 heterocycles. The number of hydrogen-bond acceptors (Lipinski definition) is 6. The van der Waals surface area contributed by atoms with Crippen molar-refractivity contribution in [2.75, 3.05) is 12.4 Å². The van der Waals surface area contributed by atoms with Crippen molar-refractivity contribution in [2.45, 2.75) is 17.0 Å². The summed E-state index contributed by atoms with van der Waals surface area (Å²) in [6.07, 6.45) is 0. The van der Waals surface area contributed by atoms with Crippen LogP contribution in [-0.2, 0) is 11.3 Å². The largest absolute Gasteiger partial charge is 0.497 e. The van der Waals surface area contributed by atoms with Gasteiger partial charge >= 0.3 is 0 Å². The smallest absolute Gasteiger partial charge is 0.242 e. The van der Waals surface area contributed by atoms with Gasteiger partial charge in [0, 0.05) is 11.8 Å². The average molecular weight is 432 g/mol. The first-order chi connectivity index (χ1) is 15.2. The Morgan fingerprint density at radius 1 is 1.03 bits per heavy atom. The van der Waals surface area contributed by atoms with Gasteiger partial charge in [-0.05, 0) is 33.7 Å². The van der Waals surface area contributed by atoms with Crippen LogP contribution >= 0.6 is 11.8 Å². The lowest BCUT2D eigenvalue weighted by atomic mass is 10.1. The molecule has 0 aliphatic carbocycles. The van der Waals surface area contributed by atoms with Crippen molar-refractivity contribution >= 4 is 23.4 Å². The Morgan fingerprint density at radius 3 is 2.52 bits per heavy atom. The second-order valence-electron chi connectivity index (χ2n) is 6.73. The number of thioether (sulfide) groups is 1. The van der Waals surface area contributed by atoms with Gasteiger partial charge in [-0.25, -0.2) is 4.68 Å². The first-order valence-corrected chi connectivity index (χ1v) is 10.6. The molecule has 0 unspecified atom stereocenters. The van der Waals surface area contributed by atoms with Gasteiger partial charge in [0.25, 0.3) is 0 Å². The quantitative estimate of drug-likeness (QED) is 0.421. The number of amides is 1. The van der Waals surface area contributed by atoms with Crippen molar-refractivity contribution in [3.8, 4) is 5.75 Å². The molecule has 0 bridgehead atoms. The summed E-state index contributed by atoms with van der Waals surface area (Å²) in [5, 5.41) is 15.1. The van der Waals surface area contributed by atoms with E-state index in [0.717, 1.165) is 11.1 Å². The highest BCUT2D eigenvalue weighted by Gasteiger charge is 2.25. The van der Waals surface area contributed by atoms with E-state index in [-0.39, 0.29) is 5.91 Å². The van der Waals surface area contributed by atoms with Crippen LogP contribution in [0.25, 0.3) is 0 Å². The number of carbonyl (C=O) groups excluding carboxylic acids is 1. The maximum atomic E-state index is 13.3. The topological polar surface area (TPSA) is 81.9 Å². The van der Waals surface area contributed by atoms with Gasteiger partial charge in [-0.2, -0.15) is 0 Å². The summed E-state index contributed by atoms with van der Waals surface area (Å²) in [4.78, 5) is 13.3. The average Bonchev–Trinajstić information content (AvgIpc) is 3.25. The molecule has 0 saturated carbocycles. The number of aromatic nitrogens is 4. The molecule has 8 heteroatoms. The fraction of sp³-hybridized carbons (Fsp3) is 0.130. The lowest BCUT2D eigenvalue weighted by molar-refractivity contribution is -0.115. The number of methoxy groups -OCH3 is 1. The van der Waals surface area contributed by atoms with Gasteiger partial charge in [-0.1, -0.05) is 78.5 Å². The Hall–Kier alpha value is -3.65. The molecule has 1 amide bonds. The van der Waals surface area contributed by atoms with E-state index in [1.165, 1.54) is 11.8 Å². The minimum Gasteiger partial charge on any atom is -0.497 e. The first-order valence-electron chi connectivity index (χ1n) is 9.69. The normalized spacial score (nSPS) is 11.6. The molecule has 0 spiro atoms. The van der Waals surface area contributed by atoms with Crippen molar-refractivity contribution in [3.05, 3.63) is 96.1 Å². The maximum Gasteiger partial charge on any atom is 0.242 e. The Kier molecular flexibility index (Phi) is 6.59. The van der Waals surface area contributed by atoms with Crippen molar-refractivity contribution in [2.24, 2.45) is 0 Å². The molecule has 31 heavy (non-hydrogen) atoms. The van der Waals surface area contributed by atoms with E-state index in [9.17, 15) is 4.79 Å². The Morgan fingerprint density at radius 2 is 1.77 bits per heavy atom. The van der Waals surface area contributed by atoms with Gasteiger partial charge in [-0.3, -0.25) is 4.79 Å². The van der Waals surface area contributed by atoms with Crippen LogP contribution in [-0.4, -0.2) is 33.2 Å². The van der Waals surface area contributed by atoms with Gasteiger partial charge in [0.1, 0.15) is 11.0 Å². The molecular weight excluding hydrogens is 410 g/mol. The third-order valence-electron chi connectivity index (χ3n) is 4.58.